The average molecular weight is 1550 g/mol. The number of carbonyl (C=O) groups excluding carboxylic acids is 13. The second kappa shape index (κ2) is 41.3. The highest BCUT2D eigenvalue weighted by atomic mass is 79.9. The Morgan fingerprint density at radius 1 is 0.683 bits per heavy atom. The van der Waals surface area contributed by atoms with Crippen LogP contribution in [0.4, 0.5) is 0 Å². The number of carbonyl (C=O) groups is 14. The number of para-hydroxylation sites is 1. The van der Waals surface area contributed by atoms with E-state index in [1.165, 1.54) is 29.2 Å². The molecule has 4 aromatic rings. The van der Waals surface area contributed by atoms with Crippen molar-refractivity contribution >= 4 is 137 Å². The number of nitrogens with one attached hydrogen (secondary N) is 11. The van der Waals surface area contributed by atoms with Crippen LogP contribution in [-0.4, -0.2) is 207 Å². The Balaban J connectivity index is 1.41. The molecule has 0 unspecified atom stereocenters. The molecule has 3 heterocycles. The molecule has 104 heavy (non-hydrogen) atoms. The Bertz CT molecular complexity index is 3750. The van der Waals surface area contributed by atoms with Gasteiger partial charge in [0.25, 0.3) is 0 Å². The number of guanidine groups is 1. The predicted octanol–water partition coefficient (Wildman–Crippen LogP) is -2.41. The van der Waals surface area contributed by atoms with Gasteiger partial charge >= 0.3 is 5.97 Å². The number of carboxylic acids is 1. The minimum Gasteiger partial charge on any atom is -0.508 e. The number of aromatic hydroxyl groups is 1. The van der Waals surface area contributed by atoms with Gasteiger partial charge in [-0.15, -0.1) is 0 Å². The fourth-order valence-corrected chi connectivity index (χ4v) is 13.9. The lowest BCUT2D eigenvalue weighted by Gasteiger charge is -2.29. The molecule has 2 aliphatic heterocycles. The number of hydrogen-bond acceptors (Lipinski definition) is 19. The molecule has 6 rings (SSSR count). The number of primary amides is 2. The summed E-state index contributed by atoms with van der Waals surface area (Å²) in [6, 6.07) is 4.34. The van der Waals surface area contributed by atoms with Crippen molar-refractivity contribution in [2.24, 2.45) is 39.6 Å². The predicted molar refractivity (Wildman–Crippen MR) is 389 cm³/mol. The fourth-order valence-electron chi connectivity index (χ4n) is 11.3. The highest BCUT2D eigenvalue weighted by molar-refractivity contribution is 9.10. The monoisotopic (exact) mass is 1550 g/mol. The number of aromatic nitrogens is 1. The van der Waals surface area contributed by atoms with E-state index in [1.54, 1.807) is 68.6 Å². The zero-order valence-corrected chi connectivity index (χ0v) is 60.6. The van der Waals surface area contributed by atoms with Crippen molar-refractivity contribution in [1.82, 2.24) is 63.1 Å². The molecule has 1 aromatic heterocycles. The van der Waals surface area contributed by atoms with Crippen LogP contribution in [0.5, 0.6) is 5.75 Å². The Labute approximate surface area is 615 Å². The van der Waals surface area contributed by atoms with E-state index in [0.29, 0.717) is 38.5 Å². The van der Waals surface area contributed by atoms with Gasteiger partial charge < -0.3 is 102 Å². The average Bonchev–Trinajstić information content (AvgIpc) is 1.66. The number of carboxylic acid groups (broad SMARTS) is 1. The molecule has 0 aliphatic carbocycles. The van der Waals surface area contributed by atoms with Gasteiger partial charge in [0.2, 0.25) is 76.8 Å². The summed E-state index contributed by atoms with van der Waals surface area (Å²) >= 11 is 3.40. The van der Waals surface area contributed by atoms with E-state index >= 15 is 4.79 Å². The number of aromatic amines is 1. The Kier molecular flexibility index (Phi) is 33.0. The maximum atomic E-state index is 15.0. The van der Waals surface area contributed by atoms with E-state index in [1.807, 2.05) is 0 Å². The number of likely N-dealkylation sites (tertiary alicyclic amines) is 1. The topological polar surface area (TPSA) is 561 Å². The number of aliphatic carboxylic acids is 1. The number of amides is 13. The summed E-state index contributed by atoms with van der Waals surface area (Å²) in [5.41, 5.74) is 30.3. The standard InChI is InChI=1S/C67H91BrN18O16S2/c1-35(2)56-66(102)82-47(29-36-11-15-39(68)16-12-36)61(97)78-43(9-5-26-75-67(72)73)58(94)74-27-24-53(89)77-44(19-21-52(70)88)59(95)80-48(31-38-32-76-42-8-4-3-7-41(38)42)63(99)79-45(20-22-55(91)92)60(96)83-49(57(71)93)33-103-104-34-50(64(100)85-56)84-62(98)46(30-37-13-17-40(87)18-14-37)81-65(101)51-10-6-28-86(51)54(90)23-25-69/h3-4,7-8,11-18,32,35,43-51,56,76,87H,5-6,9-10,19-31,33-34,69H2,1-2H3,(H2,70,88)(H2,71,93)(H,74,94)(H,77,89)(H,78,97)(H,79,99)(H,80,95)(H,81,101)(H,82,102)(H,83,96)(H,84,98)(H,85,100)(H,91,92)(H4,72,73,75)/t43-,44-,45-,46-,47-,48-,49+,50-,51-,56-/m0/s1. The van der Waals surface area contributed by atoms with Crippen molar-refractivity contribution < 1.29 is 77.3 Å². The Morgan fingerprint density at radius 2 is 1.29 bits per heavy atom. The lowest BCUT2D eigenvalue weighted by atomic mass is 10.00. The Hall–Kier alpha value is -10.0. The van der Waals surface area contributed by atoms with Crippen molar-refractivity contribution in [3.63, 3.8) is 0 Å². The highest BCUT2D eigenvalue weighted by Gasteiger charge is 2.39. The first-order valence-electron chi connectivity index (χ1n) is 33.7. The molecule has 13 amide bonds. The number of H-pyrrole nitrogens is 1. The van der Waals surface area contributed by atoms with Gasteiger partial charge in [0.1, 0.15) is 66.2 Å². The maximum absolute atomic E-state index is 15.0. The minimum atomic E-state index is -1.74. The molecule has 2 fully saturated rings. The molecule has 2 saturated heterocycles. The number of phenols is 1. The molecule has 23 N–H and O–H groups in total. The first kappa shape index (κ1) is 82.9. The van der Waals surface area contributed by atoms with Crippen molar-refractivity contribution in [1.29, 1.82) is 0 Å². The normalized spacial score (nSPS) is 22.2. The number of halogens is 1. The number of nitrogens with two attached hydrogens (primary N) is 5. The number of hydrogen-bond donors (Lipinski definition) is 18. The molecular formula is C67H91BrN18O16S2. The second-order valence-corrected chi connectivity index (χ2v) is 28.7. The third kappa shape index (κ3) is 26.7. The second-order valence-electron chi connectivity index (χ2n) is 25.2. The Morgan fingerprint density at radius 3 is 1.94 bits per heavy atom. The molecule has 0 radical (unpaired) electrons. The molecule has 0 saturated carbocycles. The summed E-state index contributed by atoms with van der Waals surface area (Å²) in [7, 11) is 1.72. The van der Waals surface area contributed by atoms with Gasteiger partial charge in [-0.25, -0.2) is 0 Å². The smallest absolute Gasteiger partial charge is 0.303 e. The van der Waals surface area contributed by atoms with Crippen LogP contribution in [0.1, 0.15) is 94.7 Å². The van der Waals surface area contributed by atoms with Crippen LogP contribution in [0.2, 0.25) is 0 Å². The number of benzene rings is 3. The summed E-state index contributed by atoms with van der Waals surface area (Å²) in [6.07, 6.45) is -1.17. The van der Waals surface area contributed by atoms with E-state index in [2.05, 4.69) is 79.1 Å². The molecule has 34 nitrogen and oxygen atoms in total. The minimum absolute atomic E-state index is 0.00383. The number of aliphatic imine (C=N–C) groups is 1. The van der Waals surface area contributed by atoms with Gasteiger partial charge in [-0.05, 0) is 91.5 Å². The van der Waals surface area contributed by atoms with Crippen molar-refractivity contribution in [3.05, 3.63) is 100 Å². The van der Waals surface area contributed by atoms with E-state index < -0.39 is 188 Å². The lowest BCUT2D eigenvalue weighted by Crippen LogP contribution is -2.61. The van der Waals surface area contributed by atoms with Crippen LogP contribution in [0, 0.1) is 5.92 Å². The van der Waals surface area contributed by atoms with Crippen LogP contribution < -0.4 is 81.8 Å². The third-order valence-electron chi connectivity index (χ3n) is 16.9. The van der Waals surface area contributed by atoms with E-state index in [9.17, 15) is 72.5 Å². The van der Waals surface area contributed by atoms with Gasteiger partial charge in [0.05, 0.1) is 0 Å². The molecule has 0 bridgehead atoms. The number of phenolic OH excluding ortho intramolecular Hbond substituents is 1. The first-order valence-corrected chi connectivity index (χ1v) is 36.9. The maximum Gasteiger partial charge on any atom is 0.303 e. The third-order valence-corrected chi connectivity index (χ3v) is 19.8. The first-order chi connectivity index (χ1) is 49.5. The molecule has 37 heteroatoms. The summed E-state index contributed by atoms with van der Waals surface area (Å²) in [5, 5.41) is 46.8. The summed E-state index contributed by atoms with van der Waals surface area (Å²) < 4.78 is 0.676. The molecular weight excluding hydrogens is 1460 g/mol. The molecule has 564 valence electrons. The quantitative estimate of drug-likeness (QED) is 0.0150. The number of rotatable bonds is 24. The van der Waals surface area contributed by atoms with Crippen molar-refractivity contribution in [3.8, 4) is 5.75 Å². The summed E-state index contributed by atoms with van der Waals surface area (Å²) in [6.45, 7) is 2.99. The lowest BCUT2D eigenvalue weighted by molar-refractivity contribution is -0.139. The van der Waals surface area contributed by atoms with Gasteiger partial charge in [0.15, 0.2) is 5.96 Å². The van der Waals surface area contributed by atoms with Crippen LogP contribution in [0.3, 0.4) is 0 Å². The number of fused-ring (bicyclic) bond motifs is 1. The molecule has 3 aromatic carbocycles. The van der Waals surface area contributed by atoms with E-state index in [4.69, 9.17) is 28.7 Å². The fraction of sp³-hybridized carbons (Fsp3) is 0.478. The molecule has 10 atom stereocenters. The number of nitrogens with zero attached hydrogens (tertiary/aromatic N) is 2. The van der Waals surface area contributed by atoms with Gasteiger partial charge in [-0.2, -0.15) is 0 Å². The van der Waals surface area contributed by atoms with Gasteiger partial charge in [0, 0.05) is 104 Å². The zero-order chi connectivity index (χ0) is 76.2. The summed E-state index contributed by atoms with van der Waals surface area (Å²) in [4.78, 5) is 205. The van der Waals surface area contributed by atoms with Crippen molar-refractivity contribution in [2.75, 3.05) is 37.7 Å². The largest absolute Gasteiger partial charge is 0.508 e. The SMILES string of the molecule is CC(C)[C@@H]1NC(=O)[C@@H](NC(=O)[C@H](Cc2ccc(O)cc2)NC(=O)[C@@H]2CCCN2C(=O)CCN)CSSC[C@H](C(N)=O)NC(=O)[C@H](CCC(=O)O)NC(=O)[C@H](Cc2c[nH]c3ccccc23)NC(=O)[C@H](CCC(N)=O)NC(=O)CCNC(=O)[C@H](CCCN=C(N)N)NC(=O)[C@H](Cc2ccc(Br)cc2)NC1=O. The van der Waals surface area contributed by atoms with Crippen LogP contribution >= 0.6 is 37.5 Å². The van der Waals surface area contributed by atoms with Crippen LogP contribution in [0.15, 0.2) is 88.5 Å². The van der Waals surface area contributed by atoms with Gasteiger partial charge in [-0.1, -0.05) is 93.8 Å². The highest BCUT2D eigenvalue weighted by Crippen LogP contribution is 2.26. The van der Waals surface area contributed by atoms with Gasteiger partial charge in [-0.3, -0.25) is 72.1 Å². The van der Waals surface area contributed by atoms with Crippen molar-refractivity contribution in [2.45, 2.75) is 158 Å². The molecule has 0 spiro atoms. The van der Waals surface area contributed by atoms with E-state index in [-0.39, 0.29) is 87.9 Å². The molecule has 2 aliphatic rings. The van der Waals surface area contributed by atoms with E-state index in [0.717, 1.165) is 21.6 Å². The van der Waals surface area contributed by atoms with Crippen LogP contribution in [0.25, 0.3) is 10.9 Å². The van der Waals surface area contributed by atoms with Crippen LogP contribution in [-0.2, 0) is 86.4 Å². The summed E-state index contributed by atoms with van der Waals surface area (Å²) in [5.74, 6) is -14.9. The zero-order valence-electron chi connectivity index (χ0n) is 57.4.